The summed E-state index contributed by atoms with van der Waals surface area (Å²) in [5, 5.41) is 0.583. The van der Waals surface area contributed by atoms with E-state index in [1.807, 2.05) is 18.2 Å². The summed E-state index contributed by atoms with van der Waals surface area (Å²) in [4.78, 5) is 0.720. The second kappa shape index (κ2) is 5.32. The van der Waals surface area contributed by atoms with Crippen LogP contribution in [0.4, 0.5) is 0 Å². The first kappa shape index (κ1) is 14.0. The van der Waals surface area contributed by atoms with Gasteiger partial charge in [0.05, 0.1) is 26.0 Å². The van der Waals surface area contributed by atoms with Crippen molar-refractivity contribution >= 4 is 22.4 Å². The zero-order valence-corrected chi connectivity index (χ0v) is 12.4. The van der Waals surface area contributed by atoms with Crippen LogP contribution in [-0.4, -0.2) is 15.5 Å². The first-order chi connectivity index (χ1) is 8.41. The third-order valence-electron chi connectivity index (χ3n) is 3.71. The Morgan fingerprint density at radius 3 is 2.72 bits per heavy atom. The van der Waals surface area contributed by atoms with E-state index in [1.165, 1.54) is 0 Å². The van der Waals surface area contributed by atoms with Gasteiger partial charge in [0.25, 0.3) is 0 Å². The van der Waals surface area contributed by atoms with Crippen molar-refractivity contribution in [2.75, 3.05) is 0 Å². The Labute approximate surface area is 116 Å². The van der Waals surface area contributed by atoms with Crippen molar-refractivity contribution in [3.8, 4) is 0 Å². The van der Waals surface area contributed by atoms with Crippen LogP contribution in [0.15, 0.2) is 29.2 Å². The first-order valence-corrected chi connectivity index (χ1v) is 7.90. The summed E-state index contributed by atoms with van der Waals surface area (Å²) in [6, 6.07) is 7.36. The molecule has 1 aliphatic rings. The summed E-state index contributed by atoms with van der Waals surface area (Å²) in [6.45, 7) is 4.44. The predicted octanol–water partition coefficient (Wildman–Crippen LogP) is 3.35. The number of hydrogen-bond donors (Lipinski definition) is 1. The molecule has 1 aromatic carbocycles. The Kier molecular flexibility index (Phi) is 4.15. The van der Waals surface area contributed by atoms with Gasteiger partial charge in [0.15, 0.2) is 0 Å². The van der Waals surface area contributed by atoms with Crippen LogP contribution in [0.5, 0.6) is 0 Å². The Bertz CT molecular complexity index is 461. The van der Waals surface area contributed by atoms with Gasteiger partial charge in [-0.05, 0) is 36.8 Å². The molecule has 0 radical (unpaired) electrons. The van der Waals surface area contributed by atoms with Crippen LogP contribution in [0.1, 0.15) is 33.1 Å². The van der Waals surface area contributed by atoms with E-state index in [-0.39, 0.29) is 16.7 Å². The van der Waals surface area contributed by atoms with Crippen molar-refractivity contribution in [1.82, 2.24) is 0 Å². The van der Waals surface area contributed by atoms with Gasteiger partial charge < -0.3 is 5.73 Å². The van der Waals surface area contributed by atoms with Gasteiger partial charge in [0, 0.05) is 6.04 Å². The van der Waals surface area contributed by atoms with Crippen molar-refractivity contribution in [2.45, 2.75) is 49.3 Å². The molecule has 1 fully saturated rings. The molecule has 0 heterocycles. The molecule has 0 aliphatic heterocycles. The highest BCUT2D eigenvalue weighted by molar-refractivity contribution is 7.85. The summed E-state index contributed by atoms with van der Waals surface area (Å²) in [5.74, 6) is 0. The molecule has 2 rings (SSSR count). The molecule has 0 saturated heterocycles. The number of nitrogens with two attached hydrogens (primary N) is 1. The van der Waals surface area contributed by atoms with Crippen LogP contribution in [0.2, 0.25) is 5.02 Å². The fraction of sp³-hybridized carbons (Fsp3) is 0.571. The Morgan fingerprint density at radius 1 is 1.39 bits per heavy atom. The molecule has 4 heteroatoms. The summed E-state index contributed by atoms with van der Waals surface area (Å²) in [6.07, 6.45) is 2.93. The lowest BCUT2D eigenvalue weighted by Gasteiger charge is -2.38. The summed E-state index contributed by atoms with van der Waals surface area (Å²) < 4.78 is 12.7. The summed E-state index contributed by atoms with van der Waals surface area (Å²) in [7, 11) is -1.12. The minimum absolute atomic E-state index is 0.00801. The smallest absolute Gasteiger partial charge is 0.0591 e. The molecule has 1 aliphatic carbocycles. The SMILES string of the molecule is CC1(C)CCC(N)C(S(=O)c2ccccc2Cl)C1. The van der Waals surface area contributed by atoms with E-state index in [0.717, 1.165) is 24.2 Å². The van der Waals surface area contributed by atoms with Gasteiger partial charge in [-0.25, -0.2) is 0 Å². The molecule has 2 nitrogen and oxygen atoms in total. The van der Waals surface area contributed by atoms with Crippen LogP contribution in [-0.2, 0) is 10.8 Å². The number of rotatable bonds is 2. The molecule has 18 heavy (non-hydrogen) atoms. The fourth-order valence-corrected chi connectivity index (χ4v) is 4.77. The molecule has 0 bridgehead atoms. The Hall–Kier alpha value is -0.380. The molecule has 0 amide bonds. The molecule has 3 atom stereocenters. The second-order valence-corrected chi connectivity index (χ2v) is 7.88. The van der Waals surface area contributed by atoms with E-state index in [2.05, 4.69) is 13.8 Å². The molecule has 1 saturated carbocycles. The molecule has 100 valence electrons. The number of benzene rings is 1. The molecule has 3 unspecified atom stereocenters. The Morgan fingerprint density at radius 2 is 2.06 bits per heavy atom. The van der Waals surface area contributed by atoms with Crippen LogP contribution < -0.4 is 5.73 Å². The maximum Gasteiger partial charge on any atom is 0.0591 e. The third-order valence-corrected chi connectivity index (χ3v) is 6.01. The van der Waals surface area contributed by atoms with Gasteiger partial charge in [-0.3, -0.25) is 4.21 Å². The van der Waals surface area contributed by atoms with E-state index < -0.39 is 10.8 Å². The average Bonchev–Trinajstić information content (AvgIpc) is 2.32. The van der Waals surface area contributed by atoms with E-state index in [4.69, 9.17) is 17.3 Å². The normalized spacial score (nSPS) is 28.9. The molecule has 1 aromatic rings. The topological polar surface area (TPSA) is 43.1 Å². The van der Waals surface area contributed by atoms with Gasteiger partial charge in [0.2, 0.25) is 0 Å². The van der Waals surface area contributed by atoms with E-state index in [0.29, 0.717) is 5.02 Å². The zero-order chi connectivity index (χ0) is 13.3. The highest BCUT2D eigenvalue weighted by atomic mass is 35.5. The van der Waals surface area contributed by atoms with E-state index in [1.54, 1.807) is 6.07 Å². The highest BCUT2D eigenvalue weighted by Crippen LogP contribution is 2.38. The van der Waals surface area contributed by atoms with E-state index >= 15 is 0 Å². The minimum Gasteiger partial charge on any atom is -0.327 e. The fourth-order valence-electron chi connectivity index (χ4n) is 2.55. The molecule has 2 N–H and O–H groups in total. The highest BCUT2D eigenvalue weighted by Gasteiger charge is 2.37. The van der Waals surface area contributed by atoms with Crippen molar-refractivity contribution in [3.63, 3.8) is 0 Å². The van der Waals surface area contributed by atoms with Gasteiger partial charge in [-0.2, -0.15) is 0 Å². The quantitative estimate of drug-likeness (QED) is 0.905. The third kappa shape index (κ3) is 2.95. The lowest BCUT2D eigenvalue weighted by atomic mass is 9.75. The van der Waals surface area contributed by atoms with E-state index in [9.17, 15) is 4.21 Å². The van der Waals surface area contributed by atoms with Crippen LogP contribution in [0, 0.1) is 5.41 Å². The molecule has 0 aromatic heterocycles. The second-order valence-electron chi connectivity index (χ2n) is 5.84. The zero-order valence-electron chi connectivity index (χ0n) is 10.9. The standard InChI is InChI=1S/C14H20ClNOS/c1-14(2)8-7-11(16)13(9-14)18(17)12-6-4-3-5-10(12)15/h3-6,11,13H,7-9,16H2,1-2H3. The largest absolute Gasteiger partial charge is 0.327 e. The predicted molar refractivity (Wildman–Crippen MR) is 77.3 cm³/mol. The first-order valence-electron chi connectivity index (χ1n) is 6.31. The monoisotopic (exact) mass is 285 g/mol. The lowest BCUT2D eigenvalue weighted by Crippen LogP contribution is -2.45. The number of hydrogen-bond acceptors (Lipinski definition) is 2. The maximum atomic E-state index is 12.7. The van der Waals surface area contributed by atoms with Crippen molar-refractivity contribution < 1.29 is 4.21 Å². The average molecular weight is 286 g/mol. The number of halogens is 1. The maximum absolute atomic E-state index is 12.7. The molecular formula is C14H20ClNOS. The summed E-state index contributed by atoms with van der Waals surface area (Å²) in [5.41, 5.74) is 6.37. The van der Waals surface area contributed by atoms with Gasteiger partial charge >= 0.3 is 0 Å². The Balaban J connectivity index is 2.25. The van der Waals surface area contributed by atoms with Crippen molar-refractivity contribution in [3.05, 3.63) is 29.3 Å². The lowest BCUT2D eigenvalue weighted by molar-refractivity contribution is 0.230. The van der Waals surface area contributed by atoms with Crippen LogP contribution in [0.25, 0.3) is 0 Å². The van der Waals surface area contributed by atoms with Gasteiger partial charge in [0.1, 0.15) is 0 Å². The summed E-state index contributed by atoms with van der Waals surface area (Å²) >= 11 is 6.12. The van der Waals surface area contributed by atoms with Gasteiger partial charge in [-0.15, -0.1) is 0 Å². The molecular weight excluding hydrogens is 266 g/mol. The van der Waals surface area contributed by atoms with Crippen molar-refractivity contribution in [1.29, 1.82) is 0 Å². The van der Waals surface area contributed by atoms with Crippen LogP contribution in [0.3, 0.4) is 0 Å². The molecule has 0 spiro atoms. The minimum atomic E-state index is -1.12. The van der Waals surface area contributed by atoms with Crippen LogP contribution >= 0.6 is 11.6 Å². The van der Waals surface area contributed by atoms with Gasteiger partial charge in [-0.1, -0.05) is 37.6 Å². The van der Waals surface area contributed by atoms with Crippen molar-refractivity contribution in [2.24, 2.45) is 11.1 Å².